The van der Waals surface area contributed by atoms with Gasteiger partial charge >= 0.3 is 6.09 Å². The minimum atomic E-state index is -0.705. The smallest absolute Gasteiger partial charge is 0.412 e. The Morgan fingerprint density at radius 2 is 1.86 bits per heavy atom. The average Bonchev–Trinajstić information content (AvgIpc) is 2.35. The highest BCUT2D eigenvalue weighted by Crippen LogP contribution is 2.38. The third kappa shape index (κ3) is 4.82. The lowest BCUT2D eigenvalue weighted by Gasteiger charge is -2.21. The van der Waals surface area contributed by atoms with Crippen LogP contribution < -0.4 is 14.8 Å². The molecule has 2 N–H and O–H groups in total. The summed E-state index contributed by atoms with van der Waals surface area (Å²) in [6.07, 6.45) is -1.31. The molecule has 0 saturated carbocycles. The molecule has 6 heteroatoms. The predicted octanol–water partition coefficient (Wildman–Crippen LogP) is 3.10. The van der Waals surface area contributed by atoms with Crippen LogP contribution in [0, 0.1) is 0 Å². The van der Waals surface area contributed by atoms with Gasteiger partial charge in [0.1, 0.15) is 5.60 Å². The number of amides is 1. The van der Waals surface area contributed by atoms with Gasteiger partial charge in [0.15, 0.2) is 11.5 Å². The maximum Gasteiger partial charge on any atom is 0.412 e. The van der Waals surface area contributed by atoms with E-state index in [1.54, 1.807) is 39.8 Å². The van der Waals surface area contributed by atoms with Crippen LogP contribution in [-0.2, 0) is 4.74 Å². The molecule has 1 aromatic rings. The summed E-state index contributed by atoms with van der Waals surface area (Å²) in [5.74, 6) is 0.787. The number of rotatable bonds is 4. The first-order chi connectivity index (χ1) is 9.67. The molecule has 1 amide bonds. The van der Waals surface area contributed by atoms with Gasteiger partial charge < -0.3 is 19.3 Å². The second-order valence-electron chi connectivity index (χ2n) is 5.61. The van der Waals surface area contributed by atoms with Crippen LogP contribution in [0.1, 0.15) is 39.4 Å². The minimum Gasteiger partial charge on any atom is -0.493 e. The van der Waals surface area contributed by atoms with E-state index < -0.39 is 17.8 Å². The van der Waals surface area contributed by atoms with Crippen molar-refractivity contribution in [2.45, 2.75) is 39.4 Å². The first-order valence-electron chi connectivity index (χ1n) is 6.62. The van der Waals surface area contributed by atoms with Crippen molar-refractivity contribution in [3.05, 3.63) is 17.7 Å². The fourth-order valence-corrected chi connectivity index (χ4v) is 1.73. The predicted molar refractivity (Wildman–Crippen MR) is 80.0 cm³/mol. The number of hydrogen-bond acceptors (Lipinski definition) is 5. The average molecular weight is 297 g/mol. The number of carbonyl (C=O) groups is 1. The molecule has 0 bridgehead atoms. The molecular formula is C15H23NO5. The summed E-state index contributed by atoms with van der Waals surface area (Å²) in [4.78, 5) is 11.9. The molecule has 0 aliphatic carbocycles. The number of ether oxygens (including phenoxy) is 3. The quantitative estimate of drug-likeness (QED) is 0.893. The first-order valence-corrected chi connectivity index (χ1v) is 6.62. The van der Waals surface area contributed by atoms with Crippen molar-refractivity contribution in [3.8, 4) is 11.5 Å². The molecule has 0 heterocycles. The number of anilines is 1. The lowest BCUT2D eigenvalue weighted by Crippen LogP contribution is -2.27. The fraction of sp³-hybridized carbons (Fsp3) is 0.533. The van der Waals surface area contributed by atoms with Gasteiger partial charge in [-0.25, -0.2) is 4.79 Å². The summed E-state index contributed by atoms with van der Waals surface area (Å²) in [5, 5.41) is 12.3. The van der Waals surface area contributed by atoms with E-state index in [1.807, 2.05) is 0 Å². The number of hydrogen-bond donors (Lipinski definition) is 2. The van der Waals surface area contributed by atoms with Crippen LogP contribution in [0.3, 0.4) is 0 Å². The van der Waals surface area contributed by atoms with Gasteiger partial charge in [-0.2, -0.15) is 0 Å². The highest BCUT2D eigenvalue weighted by Gasteiger charge is 2.20. The molecule has 1 aromatic carbocycles. The summed E-state index contributed by atoms with van der Waals surface area (Å²) in [5.41, 5.74) is 0.365. The Bertz CT molecular complexity index is 506. The molecule has 21 heavy (non-hydrogen) atoms. The van der Waals surface area contributed by atoms with Crippen LogP contribution in [0.5, 0.6) is 11.5 Å². The Labute approximate surface area is 125 Å². The third-order valence-corrected chi connectivity index (χ3v) is 2.62. The first kappa shape index (κ1) is 17.1. The zero-order valence-electron chi connectivity index (χ0n) is 13.3. The molecule has 0 aliphatic rings. The summed E-state index contributed by atoms with van der Waals surface area (Å²) in [7, 11) is 2.96. The fourth-order valence-electron chi connectivity index (χ4n) is 1.73. The molecule has 0 radical (unpaired) electrons. The number of carbonyl (C=O) groups excluding carboxylic acids is 1. The number of methoxy groups -OCH3 is 2. The Morgan fingerprint density at radius 3 is 2.29 bits per heavy atom. The van der Waals surface area contributed by atoms with Crippen LogP contribution in [0.2, 0.25) is 0 Å². The normalized spacial score (nSPS) is 12.5. The Balaban J connectivity index is 3.14. The van der Waals surface area contributed by atoms with Crippen LogP contribution >= 0.6 is 0 Å². The van der Waals surface area contributed by atoms with Crippen molar-refractivity contribution >= 4 is 11.8 Å². The number of aliphatic hydroxyl groups is 1. The Hall–Kier alpha value is -1.95. The SMILES string of the molecule is COc1cc([C@H](C)O)cc(NC(=O)OC(C)(C)C)c1OC. The van der Waals surface area contributed by atoms with Crippen molar-refractivity contribution in [3.63, 3.8) is 0 Å². The van der Waals surface area contributed by atoms with Gasteiger partial charge in [-0.3, -0.25) is 5.32 Å². The van der Waals surface area contributed by atoms with Crippen LogP contribution in [-0.4, -0.2) is 31.0 Å². The van der Waals surface area contributed by atoms with E-state index >= 15 is 0 Å². The van der Waals surface area contributed by atoms with Gasteiger partial charge in [-0.15, -0.1) is 0 Å². The van der Waals surface area contributed by atoms with Crippen LogP contribution in [0.4, 0.5) is 10.5 Å². The van der Waals surface area contributed by atoms with Gasteiger partial charge in [0.25, 0.3) is 0 Å². The zero-order chi connectivity index (χ0) is 16.2. The van der Waals surface area contributed by atoms with Crippen molar-refractivity contribution < 1.29 is 24.1 Å². The molecule has 0 aromatic heterocycles. The standard InChI is InChI=1S/C15H23NO5/c1-9(17)10-7-11(13(20-6)12(8-10)19-5)16-14(18)21-15(2,3)4/h7-9,17H,1-6H3,(H,16,18)/t9-/m0/s1. The van der Waals surface area contributed by atoms with E-state index in [4.69, 9.17) is 14.2 Å². The Kier molecular flexibility index (Phi) is 5.43. The largest absolute Gasteiger partial charge is 0.493 e. The van der Waals surface area contributed by atoms with Gasteiger partial charge in [-0.05, 0) is 45.4 Å². The van der Waals surface area contributed by atoms with E-state index in [0.29, 0.717) is 22.7 Å². The number of benzene rings is 1. The molecular weight excluding hydrogens is 274 g/mol. The highest BCUT2D eigenvalue weighted by atomic mass is 16.6. The second-order valence-corrected chi connectivity index (χ2v) is 5.61. The van der Waals surface area contributed by atoms with Crippen LogP contribution in [0.25, 0.3) is 0 Å². The van der Waals surface area contributed by atoms with E-state index in [0.717, 1.165) is 0 Å². The monoisotopic (exact) mass is 297 g/mol. The summed E-state index contributed by atoms with van der Waals surface area (Å²) in [6, 6.07) is 3.28. The lowest BCUT2D eigenvalue weighted by atomic mass is 10.1. The molecule has 0 fully saturated rings. The minimum absolute atomic E-state index is 0.368. The van der Waals surface area contributed by atoms with E-state index in [9.17, 15) is 9.90 Å². The molecule has 1 atom stereocenters. The maximum absolute atomic E-state index is 11.9. The highest BCUT2D eigenvalue weighted by molar-refractivity contribution is 5.88. The van der Waals surface area contributed by atoms with E-state index in [2.05, 4.69) is 5.32 Å². The van der Waals surface area contributed by atoms with Gasteiger partial charge in [0.05, 0.1) is 26.0 Å². The molecule has 6 nitrogen and oxygen atoms in total. The van der Waals surface area contributed by atoms with E-state index in [1.165, 1.54) is 14.2 Å². The third-order valence-electron chi connectivity index (χ3n) is 2.62. The van der Waals surface area contributed by atoms with Gasteiger partial charge in [0, 0.05) is 0 Å². The van der Waals surface area contributed by atoms with Crippen molar-refractivity contribution in [1.29, 1.82) is 0 Å². The van der Waals surface area contributed by atoms with Crippen molar-refractivity contribution in [1.82, 2.24) is 0 Å². The number of aliphatic hydroxyl groups excluding tert-OH is 1. The van der Waals surface area contributed by atoms with Crippen molar-refractivity contribution in [2.75, 3.05) is 19.5 Å². The molecule has 0 saturated heterocycles. The number of nitrogens with one attached hydrogen (secondary N) is 1. The molecule has 118 valence electrons. The maximum atomic E-state index is 11.9. The Morgan fingerprint density at radius 1 is 1.24 bits per heavy atom. The summed E-state index contributed by atoms with van der Waals surface area (Å²) < 4.78 is 15.7. The molecule has 0 spiro atoms. The lowest BCUT2D eigenvalue weighted by molar-refractivity contribution is 0.0635. The summed E-state index contributed by atoms with van der Waals surface area (Å²) >= 11 is 0. The molecule has 0 unspecified atom stereocenters. The van der Waals surface area contributed by atoms with Crippen molar-refractivity contribution in [2.24, 2.45) is 0 Å². The summed E-state index contributed by atoms with van der Waals surface area (Å²) in [6.45, 7) is 6.95. The van der Waals surface area contributed by atoms with Gasteiger partial charge in [-0.1, -0.05) is 0 Å². The zero-order valence-corrected chi connectivity index (χ0v) is 13.3. The van der Waals surface area contributed by atoms with E-state index in [-0.39, 0.29) is 0 Å². The molecule has 0 aliphatic heterocycles. The second kappa shape index (κ2) is 6.67. The topological polar surface area (TPSA) is 77.0 Å². The van der Waals surface area contributed by atoms with Gasteiger partial charge in [0.2, 0.25) is 0 Å². The van der Waals surface area contributed by atoms with Crippen LogP contribution in [0.15, 0.2) is 12.1 Å². The molecule has 1 rings (SSSR count).